The molecule has 0 fully saturated rings. The van der Waals surface area contributed by atoms with E-state index in [1.54, 1.807) is 0 Å². The zero-order valence-corrected chi connectivity index (χ0v) is 16.2. The summed E-state index contributed by atoms with van der Waals surface area (Å²) in [5.74, 6) is 0. The molecule has 0 amide bonds. The highest BCUT2D eigenvalue weighted by Crippen LogP contribution is 2.36. The van der Waals surface area contributed by atoms with Crippen molar-refractivity contribution >= 4 is 23.0 Å². The van der Waals surface area contributed by atoms with Crippen molar-refractivity contribution < 1.29 is 5.11 Å². The number of hydrogen-bond donors (Lipinski definition) is 2. The van der Waals surface area contributed by atoms with E-state index in [4.69, 9.17) is 21.7 Å². The summed E-state index contributed by atoms with van der Waals surface area (Å²) in [7, 11) is 0. The second-order valence-corrected chi connectivity index (χ2v) is 7.52. The first-order valence-corrected chi connectivity index (χ1v) is 9.78. The van der Waals surface area contributed by atoms with Crippen molar-refractivity contribution in [1.82, 2.24) is 4.98 Å². The van der Waals surface area contributed by atoms with Crippen molar-refractivity contribution in [1.29, 1.82) is 0 Å². The number of halogens is 1. The lowest BCUT2D eigenvalue weighted by Gasteiger charge is -2.15. The summed E-state index contributed by atoms with van der Waals surface area (Å²) in [5, 5.41) is 13.4. The first-order chi connectivity index (χ1) is 13.1. The van der Waals surface area contributed by atoms with Crippen LogP contribution in [0.4, 0.5) is 11.4 Å². The Balaban J connectivity index is 1.72. The van der Waals surface area contributed by atoms with Gasteiger partial charge in [-0.25, -0.2) is 0 Å². The number of nitrogens with one attached hydrogen (secondary N) is 1. The van der Waals surface area contributed by atoms with Crippen LogP contribution in [0.1, 0.15) is 28.8 Å². The van der Waals surface area contributed by atoms with Crippen LogP contribution >= 0.6 is 11.6 Å². The second kappa shape index (κ2) is 7.71. The van der Waals surface area contributed by atoms with Crippen LogP contribution < -0.4 is 5.32 Å². The summed E-state index contributed by atoms with van der Waals surface area (Å²) in [6.07, 6.45) is 3.88. The Morgan fingerprint density at radius 1 is 1.07 bits per heavy atom. The topological polar surface area (TPSA) is 45.1 Å². The number of fused-ring (bicyclic) bond motifs is 1. The molecule has 0 aliphatic heterocycles. The van der Waals surface area contributed by atoms with Gasteiger partial charge in [-0.15, -0.1) is 0 Å². The molecule has 0 saturated carbocycles. The van der Waals surface area contributed by atoms with Gasteiger partial charge in [0.2, 0.25) is 0 Å². The third-order valence-electron chi connectivity index (χ3n) is 5.08. The fourth-order valence-electron chi connectivity index (χ4n) is 3.67. The first-order valence-electron chi connectivity index (χ1n) is 9.40. The number of aromatic nitrogens is 1. The van der Waals surface area contributed by atoms with Gasteiger partial charge in [-0.05, 0) is 74.1 Å². The Morgan fingerprint density at radius 3 is 2.67 bits per heavy atom. The van der Waals surface area contributed by atoms with Crippen molar-refractivity contribution in [3.8, 4) is 11.3 Å². The predicted molar refractivity (Wildman–Crippen MR) is 112 cm³/mol. The van der Waals surface area contributed by atoms with Crippen LogP contribution in [0, 0.1) is 6.92 Å². The summed E-state index contributed by atoms with van der Waals surface area (Å²) in [4.78, 5) is 4.91. The van der Waals surface area contributed by atoms with Crippen LogP contribution in [0.5, 0.6) is 0 Å². The molecule has 3 nitrogen and oxygen atoms in total. The summed E-state index contributed by atoms with van der Waals surface area (Å²) in [5.41, 5.74) is 8.84. The van der Waals surface area contributed by atoms with Gasteiger partial charge < -0.3 is 10.4 Å². The fraction of sp³-hybridized carbons (Fsp3) is 0.261. The number of benzene rings is 2. The number of aliphatic hydroxyl groups excluding tert-OH is 1. The smallest absolute Gasteiger partial charge is 0.0741 e. The molecule has 3 aromatic rings. The van der Waals surface area contributed by atoms with Crippen LogP contribution in [-0.4, -0.2) is 16.7 Å². The zero-order chi connectivity index (χ0) is 18.8. The third-order valence-corrected chi connectivity index (χ3v) is 5.41. The molecule has 1 aliphatic rings. The van der Waals surface area contributed by atoms with E-state index in [9.17, 15) is 0 Å². The highest BCUT2D eigenvalue weighted by Gasteiger charge is 2.19. The quantitative estimate of drug-likeness (QED) is 0.618. The van der Waals surface area contributed by atoms with E-state index in [2.05, 4.69) is 48.6 Å². The van der Waals surface area contributed by atoms with Gasteiger partial charge in [0.15, 0.2) is 0 Å². The van der Waals surface area contributed by atoms with Crippen LogP contribution in [0.2, 0.25) is 5.02 Å². The zero-order valence-electron chi connectivity index (χ0n) is 15.4. The molecule has 0 bridgehead atoms. The molecule has 0 radical (unpaired) electrons. The molecule has 138 valence electrons. The Kier molecular flexibility index (Phi) is 5.15. The molecular formula is C23H23ClN2O. The molecule has 1 aliphatic carbocycles. The van der Waals surface area contributed by atoms with E-state index >= 15 is 0 Å². The maximum absolute atomic E-state index is 9.08. The van der Waals surface area contributed by atoms with Gasteiger partial charge in [-0.2, -0.15) is 0 Å². The second-order valence-electron chi connectivity index (χ2n) is 7.11. The highest BCUT2D eigenvalue weighted by atomic mass is 35.5. The van der Waals surface area contributed by atoms with E-state index in [1.165, 1.54) is 16.8 Å². The van der Waals surface area contributed by atoms with E-state index in [0.717, 1.165) is 52.5 Å². The van der Waals surface area contributed by atoms with Gasteiger partial charge in [-0.3, -0.25) is 4.98 Å². The largest absolute Gasteiger partial charge is 0.396 e. The Morgan fingerprint density at radius 2 is 1.89 bits per heavy atom. The average molecular weight is 379 g/mol. The lowest BCUT2D eigenvalue weighted by Crippen LogP contribution is -2.00. The minimum Gasteiger partial charge on any atom is -0.396 e. The Hall–Kier alpha value is -2.36. The molecule has 1 heterocycles. The van der Waals surface area contributed by atoms with Crippen molar-refractivity contribution in [2.24, 2.45) is 0 Å². The van der Waals surface area contributed by atoms with E-state index < -0.39 is 0 Å². The highest BCUT2D eigenvalue weighted by molar-refractivity contribution is 6.33. The summed E-state index contributed by atoms with van der Waals surface area (Å²) < 4.78 is 0. The van der Waals surface area contributed by atoms with E-state index in [-0.39, 0.29) is 6.61 Å². The van der Waals surface area contributed by atoms with E-state index in [0.29, 0.717) is 6.42 Å². The third kappa shape index (κ3) is 3.85. The molecule has 1 aromatic heterocycles. The van der Waals surface area contributed by atoms with Crippen molar-refractivity contribution in [2.45, 2.75) is 32.6 Å². The summed E-state index contributed by atoms with van der Waals surface area (Å²) in [6, 6.07) is 16.4. The normalized spacial score (nSPS) is 12.9. The first kappa shape index (κ1) is 18.0. The lowest BCUT2D eigenvalue weighted by atomic mass is 10.0. The number of aliphatic hydroxyl groups is 1. The minimum absolute atomic E-state index is 0.172. The predicted octanol–water partition coefficient (Wildman–Crippen LogP) is 5.48. The molecule has 0 spiro atoms. The van der Waals surface area contributed by atoms with Crippen LogP contribution in [0.3, 0.4) is 0 Å². The average Bonchev–Trinajstić information content (AvgIpc) is 3.14. The number of aryl methyl sites for hydroxylation is 2. The SMILES string of the molecule is Cc1ccc(Cl)c(-c2cc(Nc3ccc(CCO)cc3)c3c(n2)CCC3)c1. The maximum atomic E-state index is 9.08. The molecule has 4 rings (SSSR count). The van der Waals surface area contributed by atoms with Gasteiger partial charge in [0.1, 0.15) is 0 Å². The van der Waals surface area contributed by atoms with Gasteiger partial charge in [0.05, 0.1) is 5.69 Å². The monoisotopic (exact) mass is 378 g/mol. The Labute approximate surface area is 165 Å². The molecule has 0 atom stereocenters. The van der Waals surface area contributed by atoms with Gasteiger partial charge in [0.25, 0.3) is 0 Å². The van der Waals surface area contributed by atoms with Gasteiger partial charge in [0, 0.05) is 34.3 Å². The van der Waals surface area contributed by atoms with Crippen LogP contribution in [0.25, 0.3) is 11.3 Å². The van der Waals surface area contributed by atoms with Crippen molar-refractivity contribution in [3.63, 3.8) is 0 Å². The van der Waals surface area contributed by atoms with Crippen molar-refractivity contribution in [2.75, 3.05) is 11.9 Å². The number of anilines is 2. The molecular weight excluding hydrogens is 356 g/mol. The molecule has 27 heavy (non-hydrogen) atoms. The van der Waals surface area contributed by atoms with Gasteiger partial charge in [-0.1, -0.05) is 35.4 Å². The molecule has 0 unspecified atom stereocenters. The van der Waals surface area contributed by atoms with E-state index in [1.807, 2.05) is 12.1 Å². The summed E-state index contributed by atoms with van der Waals surface area (Å²) in [6.45, 7) is 2.24. The number of pyridine rings is 1. The summed E-state index contributed by atoms with van der Waals surface area (Å²) >= 11 is 6.46. The van der Waals surface area contributed by atoms with Crippen LogP contribution in [-0.2, 0) is 19.3 Å². The Bertz CT molecular complexity index is 967. The molecule has 2 aromatic carbocycles. The molecule has 4 heteroatoms. The molecule has 0 saturated heterocycles. The lowest BCUT2D eigenvalue weighted by molar-refractivity contribution is 0.299. The number of nitrogens with zero attached hydrogens (tertiary/aromatic N) is 1. The maximum Gasteiger partial charge on any atom is 0.0741 e. The van der Waals surface area contributed by atoms with Crippen LogP contribution in [0.15, 0.2) is 48.5 Å². The van der Waals surface area contributed by atoms with Gasteiger partial charge >= 0.3 is 0 Å². The minimum atomic E-state index is 0.172. The number of hydrogen-bond acceptors (Lipinski definition) is 3. The molecule has 2 N–H and O–H groups in total. The fourth-order valence-corrected chi connectivity index (χ4v) is 3.88. The number of rotatable bonds is 5. The standard InChI is InChI=1S/C23H23ClN2O/c1-15-5-10-20(24)19(13-15)23-14-22(18-3-2-4-21(18)26-23)25-17-8-6-16(7-9-17)11-12-27/h5-10,13-14,27H,2-4,11-12H2,1H3,(H,25,26). The van der Waals surface area contributed by atoms with Crippen molar-refractivity contribution in [3.05, 3.63) is 75.9 Å².